The molecule has 0 amide bonds. The summed E-state index contributed by atoms with van der Waals surface area (Å²) in [7, 11) is 0. The third-order valence-electron chi connectivity index (χ3n) is 0.821. The second kappa shape index (κ2) is 7.28. The third-order valence-corrected chi connectivity index (χ3v) is 0.821. The van der Waals surface area contributed by atoms with Crippen LogP contribution < -0.4 is 0 Å². The van der Waals surface area contributed by atoms with Crippen LogP contribution in [-0.4, -0.2) is 0 Å². The number of hydrogen-bond donors (Lipinski definition) is 0. The highest BCUT2D eigenvalue weighted by molar-refractivity contribution is 4.77. The van der Waals surface area contributed by atoms with Crippen molar-refractivity contribution in [3.8, 4) is 0 Å². The van der Waals surface area contributed by atoms with E-state index in [1.165, 1.54) is 0 Å². The van der Waals surface area contributed by atoms with Gasteiger partial charge in [0.15, 0.2) is 0 Å². The Hall–Kier alpha value is -0.720. The van der Waals surface area contributed by atoms with E-state index < -0.39 is 0 Å². The molecular formula is C8H14O. The van der Waals surface area contributed by atoms with Gasteiger partial charge in [-0.05, 0) is 25.0 Å². The molecule has 0 saturated heterocycles. The Morgan fingerprint density at radius 1 is 1.00 bits per heavy atom. The molecule has 0 N–H and O–H groups in total. The third kappa shape index (κ3) is 7.28. The van der Waals surface area contributed by atoms with Crippen molar-refractivity contribution in [3.05, 3.63) is 24.7 Å². The van der Waals surface area contributed by atoms with Gasteiger partial charge in [-0.15, -0.1) is 0 Å². The zero-order valence-corrected chi connectivity index (χ0v) is 6.13. The van der Waals surface area contributed by atoms with Crippen LogP contribution in [0.15, 0.2) is 24.7 Å². The van der Waals surface area contributed by atoms with Crippen molar-refractivity contribution in [2.45, 2.75) is 26.7 Å². The molecule has 52 valence electrons. The summed E-state index contributed by atoms with van der Waals surface area (Å²) in [4.78, 5) is 0. The first kappa shape index (κ1) is 8.28. The highest BCUT2D eigenvalue weighted by Gasteiger charge is 1.66. The first-order valence-electron chi connectivity index (χ1n) is 3.37. The Kier molecular flexibility index (Phi) is 6.70. The normalized spacial score (nSPS) is 11.3. The summed E-state index contributed by atoms with van der Waals surface area (Å²) in [6.07, 6.45) is 9.40. The molecule has 1 nitrogen and oxygen atoms in total. The Morgan fingerprint density at radius 2 is 1.44 bits per heavy atom. The van der Waals surface area contributed by atoms with E-state index >= 15 is 0 Å². The van der Waals surface area contributed by atoms with Crippen molar-refractivity contribution < 1.29 is 4.74 Å². The number of hydrogen-bond acceptors (Lipinski definition) is 1. The maximum absolute atomic E-state index is 4.95. The largest absolute Gasteiger partial charge is 0.473 e. The Bertz CT molecular complexity index is 80.7. The van der Waals surface area contributed by atoms with Crippen LogP contribution >= 0.6 is 0 Å². The molecule has 0 spiro atoms. The molecule has 0 atom stereocenters. The molecule has 9 heavy (non-hydrogen) atoms. The fourth-order valence-electron chi connectivity index (χ4n) is 0.349. The lowest BCUT2D eigenvalue weighted by Crippen LogP contribution is -1.64. The van der Waals surface area contributed by atoms with Gasteiger partial charge in [0.05, 0.1) is 12.5 Å². The van der Waals surface area contributed by atoms with Crippen LogP contribution in [0.5, 0.6) is 0 Å². The smallest absolute Gasteiger partial charge is 0.0861 e. The maximum Gasteiger partial charge on any atom is 0.0861 e. The van der Waals surface area contributed by atoms with Crippen LogP contribution in [0.1, 0.15) is 26.7 Å². The van der Waals surface area contributed by atoms with Gasteiger partial charge in [0, 0.05) is 0 Å². The summed E-state index contributed by atoms with van der Waals surface area (Å²) in [6.45, 7) is 4.15. The Balaban J connectivity index is 3.08. The van der Waals surface area contributed by atoms with Crippen molar-refractivity contribution in [1.82, 2.24) is 0 Å². The van der Waals surface area contributed by atoms with E-state index in [-0.39, 0.29) is 0 Å². The van der Waals surface area contributed by atoms with E-state index in [1.54, 1.807) is 12.5 Å². The predicted octanol–water partition coefficient (Wildman–Crippen LogP) is 2.85. The monoisotopic (exact) mass is 126 g/mol. The first-order valence-corrected chi connectivity index (χ1v) is 3.37. The lowest BCUT2D eigenvalue weighted by atomic mass is 10.5. The molecule has 0 unspecified atom stereocenters. The molecule has 0 aromatic carbocycles. The second-order valence-corrected chi connectivity index (χ2v) is 1.70. The highest BCUT2D eigenvalue weighted by atomic mass is 16.5. The number of ether oxygens (including phenoxy) is 1. The van der Waals surface area contributed by atoms with Gasteiger partial charge in [-0.25, -0.2) is 0 Å². The lowest BCUT2D eigenvalue weighted by molar-refractivity contribution is 0.399. The van der Waals surface area contributed by atoms with Gasteiger partial charge < -0.3 is 4.74 Å². The van der Waals surface area contributed by atoms with Gasteiger partial charge in [0.2, 0.25) is 0 Å². The Labute approximate surface area is 57.0 Å². The summed E-state index contributed by atoms with van der Waals surface area (Å²) in [5.74, 6) is 0. The summed E-state index contributed by atoms with van der Waals surface area (Å²) in [5.41, 5.74) is 0. The zero-order chi connectivity index (χ0) is 6.95. The minimum atomic E-state index is 1.03. The highest BCUT2D eigenvalue weighted by Crippen LogP contribution is 1.85. The standard InChI is InChI=1S/C8H14O/c1-3-5-7-9-8-6-4-2/h5-8H,3-4H2,1-2H3. The molecule has 0 radical (unpaired) electrons. The molecular weight excluding hydrogens is 112 g/mol. The zero-order valence-electron chi connectivity index (χ0n) is 6.13. The van der Waals surface area contributed by atoms with Gasteiger partial charge in [0.25, 0.3) is 0 Å². The molecule has 0 heterocycles. The fraction of sp³-hybridized carbons (Fsp3) is 0.500. The van der Waals surface area contributed by atoms with Crippen molar-refractivity contribution in [2.24, 2.45) is 0 Å². The minimum Gasteiger partial charge on any atom is -0.473 e. The quantitative estimate of drug-likeness (QED) is 0.526. The van der Waals surface area contributed by atoms with Crippen LogP contribution in [0.3, 0.4) is 0 Å². The van der Waals surface area contributed by atoms with Gasteiger partial charge >= 0.3 is 0 Å². The van der Waals surface area contributed by atoms with Crippen LogP contribution in [0.2, 0.25) is 0 Å². The molecule has 0 saturated carbocycles. The fourth-order valence-corrected chi connectivity index (χ4v) is 0.349. The molecule has 0 fully saturated rings. The molecule has 0 rings (SSSR count). The van der Waals surface area contributed by atoms with Gasteiger partial charge in [-0.3, -0.25) is 0 Å². The molecule has 1 heteroatoms. The van der Waals surface area contributed by atoms with E-state index in [4.69, 9.17) is 4.74 Å². The summed E-state index contributed by atoms with van der Waals surface area (Å²) < 4.78 is 4.95. The Morgan fingerprint density at radius 3 is 1.78 bits per heavy atom. The molecule has 0 aliphatic heterocycles. The molecule has 0 aromatic rings. The van der Waals surface area contributed by atoms with Crippen molar-refractivity contribution in [1.29, 1.82) is 0 Å². The van der Waals surface area contributed by atoms with Crippen LogP contribution in [-0.2, 0) is 4.74 Å². The maximum atomic E-state index is 4.95. The molecule has 0 bridgehead atoms. The van der Waals surface area contributed by atoms with E-state index in [2.05, 4.69) is 13.8 Å². The average molecular weight is 126 g/mol. The van der Waals surface area contributed by atoms with E-state index in [0.29, 0.717) is 0 Å². The SMILES string of the molecule is CCC=COC=CCC. The lowest BCUT2D eigenvalue weighted by Gasteiger charge is -1.85. The topological polar surface area (TPSA) is 9.23 Å². The molecule has 0 aliphatic carbocycles. The van der Waals surface area contributed by atoms with E-state index in [0.717, 1.165) is 12.8 Å². The van der Waals surface area contributed by atoms with Crippen molar-refractivity contribution >= 4 is 0 Å². The molecule has 0 aliphatic rings. The van der Waals surface area contributed by atoms with Crippen LogP contribution in [0.4, 0.5) is 0 Å². The van der Waals surface area contributed by atoms with Gasteiger partial charge in [-0.1, -0.05) is 13.8 Å². The van der Waals surface area contributed by atoms with Crippen molar-refractivity contribution in [3.63, 3.8) is 0 Å². The first-order chi connectivity index (χ1) is 4.41. The van der Waals surface area contributed by atoms with Gasteiger partial charge in [-0.2, -0.15) is 0 Å². The number of rotatable bonds is 4. The van der Waals surface area contributed by atoms with Crippen LogP contribution in [0, 0.1) is 0 Å². The number of allylic oxidation sites excluding steroid dienone is 2. The van der Waals surface area contributed by atoms with E-state index in [1.807, 2.05) is 12.2 Å². The van der Waals surface area contributed by atoms with Gasteiger partial charge in [0.1, 0.15) is 0 Å². The minimum absolute atomic E-state index is 1.03. The average Bonchev–Trinajstić information content (AvgIpc) is 1.89. The molecule has 0 aromatic heterocycles. The summed E-state index contributed by atoms with van der Waals surface area (Å²) in [5, 5.41) is 0. The second-order valence-electron chi connectivity index (χ2n) is 1.70. The van der Waals surface area contributed by atoms with Crippen molar-refractivity contribution in [2.75, 3.05) is 0 Å². The summed E-state index contributed by atoms with van der Waals surface area (Å²) >= 11 is 0. The van der Waals surface area contributed by atoms with Crippen LogP contribution in [0.25, 0.3) is 0 Å². The van der Waals surface area contributed by atoms with E-state index in [9.17, 15) is 0 Å². The predicted molar refractivity (Wildman–Crippen MR) is 39.9 cm³/mol. The summed E-state index contributed by atoms with van der Waals surface area (Å²) in [6, 6.07) is 0.